The van der Waals surface area contributed by atoms with Gasteiger partial charge in [-0.2, -0.15) is 0 Å². The molecule has 106 valence electrons. The second kappa shape index (κ2) is 6.86. The Hall–Kier alpha value is -2.14. The number of amides is 1. The molecule has 0 aromatic heterocycles. The zero-order valence-corrected chi connectivity index (χ0v) is 11.2. The number of carbonyl (C=O) groups is 2. The number of hydrogen-bond acceptors (Lipinski definition) is 3. The lowest BCUT2D eigenvalue weighted by molar-refractivity contribution is -0.917. The van der Waals surface area contributed by atoms with Crippen LogP contribution in [0, 0.1) is 0 Å². The standard InChI is InChI=1S/C15H18N2O3/c18-14(6-7-15(19)20)17-10-8-16(9-11-17)12-13-4-2-1-3-5-13/h1-7H,8-12H2,(H,19,20)/b7-6-. The Morgan fingerprint density at radius 3 is 2.40 bits per heavy atom. The summed E-state index contributed by atoms with van der Waals surface area (Å²) in [6, 6.07) is 10.3. The van der Waals surface area contributed by atoms with Gasteiger partial charge in [0.1, 0.15) is 6.54 Å². The molecule has 0 spiro atoms. The third-order valence-corrected chi connectivity index (χ3v) is 3.44. The summed E-state index contributed by atoms with van der Waals surface area (Å²) < 4.78 is 0. The number of aliphatic carboxylic acids is 1. The van der Waals surface area contributed by atoms with Gasteiger partial charge in [-0.25, -0.2) is 0 Å². The summed E-state index contributed by atoms with van der Waals surface area (Å²) in [6.07, 6.45) is 1.85. The van der Waals surface area contributed by atoms with E-state index in [1.54, 1.807) is 4.90 Å². The van der Waals surface area contributed by atoms with Gasteiger partial charge in [0.25, 0.3) is 0 Å². The van der Waals surface area contributed by atoms with Crippen LogP contribution in [0.1, 0.15) is 5.56 Å². The summed E-state index contributed by atoms with van der Waals surface area (Å²) in [6.45, 7) is 4.01. The highest BCUT2D eigenvalue weighted by Crippen LogP contribution is 1.97. The van der Waals surface area contributed by atoms with Gasteiger partial charge in [-0.3, -0.25) is 4.79 Å². The maximum Gasteiger partial charge on any atom is 0.247 e. The molecule has 1 aromatic rings. The van der Waals surface area contributed by atoms with Crippen LogP contribution in [0.25, 0.3) is 0 Å². The second-order valence-corrected chi connectivity index (χ2v) is 4.89. The number of nitrogens with zero attached hydrogens (tertiary/aromatic N) is 1. The smallest absolute Gasteiger partial charge is 0.247 e. The number of nitrogens with one attached hydrogen (secondary N) is 1. The Morgan fingerprint density at radius 1 is 1.15 bits per heavy atom. The molecule has 1 N–H and O–H groups in total. The molecule has 1 aliphatic rings. The minimum Gasteiger partial charge on any atom is -0.545 e. The molecule has 5 heteroatoms. The lowest BCUT2D eigenvalue weighted by Crippen LogP contribution is -3.13. The molecule has 1 aliphatic heterocycles. The number of quaternary nitrogens is 1. The van der Waals surface area contributed by atoms with E-state index < -0.39 is 5.97 Å². The van der Waals surface area contributed by atoms with Crippen molar-refractivity contribution in [2.45, 2.75) is 6.54 Å². The van der Waals surface area contributed by atoms with Gasteiger partial charge >= 0.3 is 0 Å². The van der Waals surface area contributed by atoms with Crippen molar-refractivity contribution in [2.24, 2.45) is 0 Å². The van der Waals surface area contributed by atoms with Crippen molar-refractivity contribution in [2.75, 3.05) is 26.2 Å². The number of rotatable bonds is 4. The van der Waals surface area contributed by atoms with E-state index in [9.17, 15) is 14.7 Å². The van der Waals surface area contributed by atoms with E-state index in [0.29, 0.717) is 13.1 Å². The second-order valence-electron chi connectivity index (χ2n) is 4.89. The fourth-order valence-electron chi connectivity index (χ4n) is 2.35. The molecule has 0 unspecified atom stereocenters. The van der Waals surface area contributed by atoms with E-state index >= 15 is 0 Å². The normalized spacial score (nSPS) is 16.5. The third kappa shape index (κ3) is 4.20. The van der Waals surface area contributed by atoms with Gasteiger partial charge in [-0.1, -0.05) is 30.3 Å². The van der Waals surface area contributed by atoms with E-state index in [0.717, 1.165) is 31.8 Å². The summed E-state index contributed by atoms with van der Waals surface area (Å²) in [5.74, 6) is -1.60. The van der Waals surface area contributed by atoms with Crippen molar-refractivity contribution in [3.63, 3.8) is 0 Å². The van der Waals surface area contributed by atoms with Gasteiger partial charge in [0.15, 0.2) is 0 Å². The molecular weight excluding hydrogens is 256 g/mol. The van der Waals surface area contributed by atoms with E-state index in [1.165, 1.54) is 10.5 Å². The first-order chi connectivity index (χ1) is 9.65. The van der Waals surface area contributed by atoms with Crippen LogP contribution < -0.4 is 10.0 Å². The minimum atomic E-state index is -1.34. The molecular formula is C15H18N2O3. The minimum absolute atomic E-state index is 0.257. The Labute approximate surface area is 118 Å². The highest BCUT2D eigenvalue weighted by atomic mass is 16.4. The number of piperazine rings is 1. The van der Waals surface area contributed by atoms with Crippen molar-refractivity contribution in [1.82, 2.24) is 4.90 Å². The van der Waals surface area contributed by atoms with Crippen molar-refractivity contribution >= 4 is 11.9 Å². The average molecular weight is 274 g/mol. The first kappa shape index (κ1) is 14.3. The lowest BCUT2D eigenvalue weighted by atomic mass is 10.2. The fourth-order valence-corrected chi connectivity index (χ4v) is 2.35. The van der Waals surface area contributed by atoms with Gasteiger partial charge in [-0.05, 0) is 6.08 Å². The Kier molecular flexibility index (Phi) is 4.90. The van der Waals surface area contributed by atoms with Crippen molar-refractivity contribution in [3.05, 3.63) is 48.0 Å². The molecule has 0 saturated carbocycles. The molecule has 1 fully saturated rings. The zero-order valence-electron chi connectivity index (χ0n) is 11.2. The van der Waals surface area contributed by atoms with Crippen LogP contribution >= 0.6 is 0 Å². The summed E-state index contributed by atoms with van der Waals surface area (Å²) >= 11 is 0. The van der Waals surface area contributed by atoms with E-state index in [2.05, 4.69) is 12.1 Å². The number of carboxylic acid groups (broad SMARTS) is 1. The van der Waals surface area contributed by atoms with Gasteiger partial charge in [-0.15, -0.1) is 0 Å². The maximum atomic E-state index is 11.7. The third-order valence-electron chi connectivity index (χ3n) is 3.44. The Balaban J connectivity index is 1.80. The molecule has 1 amide bonds. The van der Waals surface area contributed by atoms with Crippen LogP contribution in [0.5, 0.6) is 0 Å². The highest BCUT2D eigenvalue weighted by molar-refractivity contribution is 5.93. The summed E-state index contributed by atoms with van der Waals surface area (Å²) in [5.41, 5.74) is 1.29. The molecule has 20 heavy (non-hydrogen) atoms. The molecule has 0 radical (unpaired) electrons. The number of carbonyl (C=O) groups excluding carboxylic acids is 2. The molecule has 1 heterocycles. The van der Waals surface area contributed by atoms with Crippen LogP contribution in [0.3, 0.4) is 0 Å². The summed E-state index contributed by atoms with van der Waals surface area (Å²) in [4.78, 5) is 25.1. The van der Waals surface area contributed by atoms with Gasteiger partial charge in [0.2, 0.25) is 5.91 Å². The maximum absolute atomic E-state index is 11.7. The number of hydrogen-bond donors (Lipinski definition) is 1. The van der Waals surface area contributed by atoms with Crippen molar-refractivity contribution in [1.29, 1.82) is 0 Å². The SMILES string of the molecule is O=C([O-])/C=C\C(=O)N1CC[NH+](Cc2ccccc2)CC1. The molecule has 0 aliphatic carbocycles. The first-order valence-electron chi connectivity index (χ1n) is 6.70. The predicted octanol–water partition coefficient (Wildman–Crippen LogP) is -1.78. The largest absolute Gasteiger partial charge is 0.545 e. The van der Waals surface area contributed by atoms with E-state index in [4.69, 9.17) is 0 Å². The summed E-state index contributed by atoms with van der Waals surface area (Å²) in [5, 5.41) is 10.3. The van der Waals surface area contributed by atoms with Crippen molar-refractivity contribution < 1.29 is 19.6 Å². The van der Waals surface area contributed by atoms with Gasteiger partial charge in [0, 0.05) is 11.6 Å². The number of carboxylic acids is 1. The lowest BCUT2D eigenvalue weighted by Gasteiger charge is -2.31. The fraction of sp³-hybridized carbons (Fsp3) is 0.333. The topological polar surface area (TPSA) is 64.9 Å². The van der Waals surface area contributed by atoms with Gasteiger partial charge in [0.05, 0.1) is 32.1 Å². The molecule has 1 saturated heterocycles. The monoisotopic (exact) mass is 274 g/mol. The molecule has 0 atom stereocenters. The van der Waals surface area contributed by atoms with E-state index in [1.807, 2.05) is 18.2 Å². The highest BCUT2D eigenvalue weighted by Gasteiger charge is 2.22. The predicted molar refractivity (Wildman–Crippen MR) is 71.6 cm³/mol. The molecule has 0 bridgehead atoms. The molecule has 2 rings (SSSR count). The number of benzene rings is 1. The van der Waals surface area contributed by atoms with Crippen LogP contribution in [0.2, 0.25) is 0 Å². The average Bonchev–Trinajstić information content (AvgIpc) is 2.46. The van der Waals surface area contributed by atoms with Crippen molar-refractivity contribution in [3.8, 4) is 0 Å². The van der Waals surface area contributed by atoms with Crippen LogP contribution in [-0.4, -0.2) is 43.0 Å². The van der Waals surface area contributed by atoms with Crippen LogP contribution in [0.15, 0.2) is 42.5 Å². The molecule has 1 aromatic carbocycles. The summed E-state index contributed by atoms with van der Waals surface area (Å²) in [7, 11) is 0. The van der Waals surface area contributed by atoms with Gasteiger partial charge < -0.3 is 19.7 Å². The zero-order chi connectivity index (χ0) is 14.4. The Morgan fingerprint density at radius 2 is 1.80 bits per heavy atom. The first-order valence-corrected chi connectivity index (χ1v) is 6.70. The Bertz CT molecular complexity index is 491. The molecule has 5 nitrogen and oxygen atoms in total. The van der Waals surface area contributed by atoms with Crippen LogP contribution in [0.4, 0.5) is 0 Å². The van der Waals surface area contributed by atoms with E-state index in [-0.39, 0.29) is 5.91 Å². The van der Waals surface area contributed by atoms with Crippen LogP contribution in [-0.2, 0) is 16.1 Å². The quantitative estimate of drug-likeness (QED) is 0.660.